The molecule has 3 nitrogen and oxygen atoms in total. The molecule has 0 saturated heterocycles. The Balaban J connectivity index is 0.00000225. The number of benzene rings is 2. The van der Waals surface area contributed by atoms with Gasteiger partial charge in [-0.25, -0.2) is 9.18 Å². The summed E-state index contributed by atoms with van der Waals surface area (Å²) >= 11 is 6.11. The van der Waals surface area contributed by atoms with Crippen molar-refractivity contribution >= 4 is 40.9 Å². The highest BCUT2D eigenvalue weighted by Gasteiger charge is 2.23. The number of ether oxygens (including phenoxy) is 1. The minimum Gasteiger partial charge on any atom is -0.462 e. The Morgan fingerprint density at radius 3 is 2.64 bits per heavy atom. The van der Waals surface area contributed by atoms with E-state index >= 15 is 0 Å². The van der Waals surface area contributed by atoms with Crippen LogP contribution in [-0.4, -0.2) is 17.6 Å². The van der Waals surface area contributed by atoms with Crippen molar-refractivity contribution in [3.63, 3.8) is 0 Å². The first kappa shape index (κ1) is 19.2. The first-order valence-corrected chi connectivity index (χ1v) is 7.92. The van der Waals surface area contributed by atoms with Gasteiger partial charge < -0.3 is 4.74 Å². The van der Waals surface area contributed by atoms with Crippen molar-refractivity contribution in [2.75, 3.05) is 6.61 Å². The molecule has 3 aromatic rings. The largest absolute Gasteiger partial charge is 0.462 e. The molecular formula is C19H16Cl2FNO2. The third-order valence-corrected chi connectivity index (χ3v) is 3.99. The fraction of sp³-hybridized carbons (Fsp3) is 0.158. The number of halogens is 3. The lowest BCUT2D eigenvalue weighted by Crippen LogP contribution is -2.11. The molecule has 25 heavy (non-hydrogen) atoms. The number of carbonyl (C=O) groups is 1. The van der Waals surface area contributed by atoms with Crippen molar-refractivity contribution in [1.82, 2.24) is 4.98 Å². The van der Waals surface area contributed by atoms with E-state index in [-0.39, 0.29) is 24.6 Å². The zero-order chi connectivity index (χ0) is 17.3. The second kappa shape index (κ2) is 7.81. The minimum atomic E-state index is -0.525. The van der Waals surface area contributed by atoms with Gasteiger partial charge in [0.1, 0.15) is 5.82 Å². The van der Waals surface area contributed by atoms with Gasteiger partial charge in [0.05, 0.1) is 23.4 Å². The zero-order valence-corrected chi connectivity index (χ0v) is 15.2. The van der Waals surface area contributed by atoms with Crippen LogP contribution in [0.1, 0.15) is 23.0 Å². The molecule has 3 rings (SSSR count). The van der Waals surface area contributed by atoms with E-state index in [2.05, 4.69) is 4.98 Å². The Hall–Kier alpha value is -2.17. The van der Waals surface area contributed by atoms with Crippen LogP contribution in [-0.2, 0) is 4.74 Å². The molecule has 1 aromatic heterocycles. The summed E-state index contributed by atoms with van der Waals surface area (Å²) in [5, 5.41) is 1.10. The average Bonchev–Trinajstić information content (AvgIpc) is 2.55. The summed E-state index contributed by atoms with van der Waals surface area (Å²) in [6, 6.07) is 11.5. The van der Waals surface area contributed by atoms with Crippen LogP contribution in [0.2, 0.25) is 5.02 Å². The predicted molar refractivity (Wildman–Crippen MR) is 100 cm³/mol. The molecule has 0 bridgehead atoms. The topological polar surface area (TPSA) is 39.2 Å². The van der Waals surface area contributed by atoms with Gasteiger partial charge in [-0.15, -0.1) is 12.4 Å². The Morgan fingerprint density at radius 2 is 1.96 bits per heavy atom. The van der Waals surface area contributed by atoms with Crippen LogP contribution in [0.15, 0.2) is 42.5 Å². The fourth-order valence-corrected chi connectivity index (χ4v) is 2.93. The lowest BCUT2D eigenvalue weighted by molar-refractivity contribution is 0.0526. The Labute approximate surface area is 156 Å². The Kier molecular flexibility index (Phi) is 5.98. The van der Waals surface area contributed by atoms with Crippen LogP contribution in [0, 0.1) is 12.7 Å². The zero-order valence-electron chi connectivity index (χ0n) is 13.7. The molecule has 6 heteroatoms. The predicted octanol–water partition coefficient (Wildman–Crippen LogP) is 5.60. The maximum absolute atomic E-state index is 14.5. The number of aromatic nitrogens is 1. The smallest absolute Gasteiger partial charge is 0.340 e. The van der Waals surface area contributed by atoms with Crippen molar-refractivity contribution in [1.29, 1.82) is 0 Å². The number of carbonyl (C=O) groups excluding carboxylic acids is 1. The third-order valence-electron chi connectivity index (χ3n) is 3.75. The van der Waals surface area contributed by atoms with Crippen LogP contribution in [0.25, 0.3) is 22.0 Å². The number of aryl methyl sites for hydroxylation is 1. The first-order chi connectivity index (χ1) is 11.5. The maximum Gasteiger partial charge on any atom is 0.340 e. The molecule has 0 spiro atoms. The SMILES string of the molecule is CCOC(=O)c1c(C)nc2ccc(Cl)cc2c1-c1ccccc1F.Cl. The summed E-state index contributed by atoms with van der Waals surface area (Å²) in [5.74, 6) is -0.947. The molecule has 0 aliphatic rings. The molecule has 0 aliphatic carbocycles. The third kappa shape index (κ3) is 3.60. The number of fused-ring (bicyclic) bond motifs is 1. The second-order valence-corrected chi connectivity index (χ2v) is 5.75. The van der Waals surface area contributed by atoms with Gasteiger partial charge in [-0.1, -0.05) is 29.8 Å². The number of nitrogens with zero attached hydrogens (tertiary/aromatic N) is 1. The van der Waals surface area contributed by atoms with E-state index in [4.69, 9.17) is 16.3 Å². The quantitative estimate of drug-likeness (QED) is 0.555. The fourth-order valence-electron chi connectivity index (χ4n) is 2.75. The van der Waals surface area contributed by atoms with E-state index in [0.717, 1.165) is 0 Å². The Bertz CT molecular complexity index is 944. The van der Waals surface area contributed by atoms with E-state index in [1.54, 1.807) is 50.2 Å². The molecule has 0 atom stereocenters. The van der Waals surface area contributed by atoms with Crippen LogP contribution in [0.5, 0.6) is 0 Å². The van der Waals surface area contributed by atoms with Gasteiger partial charge in [0, 0.05) is 21.5 Å². The molecule has 2 aromatic carbocycles. The second-order valence-electron chi connectivity index (χ2n) is 5.31. The highest BCUT2D eigenvalue weighted by atomic mass is 35.5. The summed E-state index contributed by atoms with van der Waals surface area (Å²) < 4.78 is 19.6. The Morgan fingerprint density at radius 1 is 1.24 bits per heavy atom. The summed E-state index contributed by atoms with van der Waals surface area (Å²) in [7, 11) is 0. The van der Waals surface area contributed by atoms with E-state index in [1.807, 2.05) is 0 Å². The van der Waals surface area contributed by atoms with Crippen LogP contribution < -0.4 is 0 Å². The minimum absolute atomic E-state index is 0. The van der Waals surface area contributed by atoms with Gasteiger partial charge in [0.15, 0.2) is 0 Å². The van der Waals surface area contributed by atoms with Gasteiger partial charge in [-0.2, -0.15) is 0 Å². The molecule has 0 aliphatic heterocycles. The van der Waals surface area contributed by atoms with E-state index < -0.39 is 11.8 Å². The van der Waals surface area contributed by atoms with E-state index in [9.17, 15) is 9.18 Å². The normalized spacial score (nSPS) is 10.4. The summed E-state index contributed by atoms with van der Waals surface area (Å²) in [5.41, 5.74) is 2.16. The monoisotopic (exact) mass is 379 g/mol. The average molecular weight is 380 g/mol. The number of hydrogen-bond acceptors (Lipinski definition) is 3. The molecule has 1 heterocycles. The highest BCUT2D eigenvalue weighted by molar-refractivity contribution is 6.31. The molecule has 0 saturated carbocycles. The standard InChI is InChI=1S/C19H15ClFNO2.ClH/c1-3-24-19(23)17-11(2)22-16-9-8-12(20)10-14(16)18(17)13-6-4-5-7-15(13)21;/h4-10H,3H2,1-2H3;1H. The lowest BCUT2D eigenvalue weighted by Gasteiger charge is -2.15. The summed E-state index contributed by atoms with van der Waals surface area (Å²) in [6.07, 6.45) is 0. The number of esters is 1. The highest BCUT2D eigenvalue weighted by Crippen LogP contribution is 2.36. The molecule has 0 radical (unpaired) electrons. The molecule has 130 valence electrons. The van der Waals surface area contributed by atoms with Gasteiger partial charge in [0.25, 0.3) is 0 Å². The number of rotatable bonds is 3. The number of hydrogen-bond donors (Lipinski definition) is 0. The van der Waals surface area contributed by atoms with E-state index in [0.29, 0.717) is 32.7 Å². The van der Waals surface area contributed by atoms with Crippen molar-refractivity contribution < 1.29 is 13.9 Å². The van der Waals surface area contributed by atoms with Crippen LogP contribution in [0.3, 0.4) is 0 Å². The van der Waals surface area contributed by atoms with E-state index in [1.165, 1.54) is 6.07 Å². The number of pyridine rings is 1. The molecule has 0 amide bonds. The van der Waals surface area contributed by atoms with Crippen LogP contribution in [0.4, 0.5) is 4.39 Å². The molecule has 0 unspecified atom stereocenters. The van der Waals surface area contributed by atoms with Crippen molar-refractivity contribution in [2.24, 2.45) is 0 Å². The summed E-state index contributed by atoms with van der Waals surface area (Å²) in [6.45, 7) is 3.66. The van der Waals surface area contributed by atoms with Crippen molar-refractivity contribution in [2.45, 2.75) is 13.8 Å². The molecular weight excluding hydrogens is 364 g/mol. The van der Waals surface area contributed by atoms with Gasteiger partial charge in [0.2, 0.25) is 0 Å². The van der Waals surface area contributed by atoms with Gasteiger partial charge in [-0.05, 0) is 38.1 Å². The summed E-state index contributed by atoms with van der Waals surface area (Å²) in [4.78, 5) is 16.9. The van der Waals surface area contributed by atoms with Gasteiger partial charge in [-0.3, -0.25) is 4.98 Å². The van der Waals surface area contributed by atoms with Gasteiger partial charge >= 0.3 is 5.97 Å². The lowest BCUT2D eigenvalue weighted by atomic mass is 9.94. The maximum atomic E-state index is 14.5. The van der Waals surface area contributed by atoms with Crippen molar-refractivity contribution in [3.05, 3.63) is 64.6 Å². The van der Waals surface area contributed by atoms with Crippen molar-refractivity contribution in [3.8, 4) is 11.1 Å². The van der Waals surface area contributed by atoms with Crippen LogP contribution >= 0.6 is 24.0 Å². The molecule has 0 N–H and O–H groups in total. The first-order valence-electron chi connectivity index (χ1n) is 7.54. The molecule has 0 fully saturated rings.